The van der Waals surface area contributed by atoms with Gasteiger partial charge in [-0.05, 0) is 24.9 Å². The third-order valence-electron chi connectivity index (χ3n) is 3.38. The minimum atomic E-state index is -3.09. The Balaban J connectivity index is 2.18. The van der Waals surface area contributed by atoms with Gasteiger partial charge in [-0.1, -0.05) is 36.9 Å². The lowest BCUT2D eigenvalue weighted by atomic mass is 10.1. The number of nitrogens with zero attached hydrogens (tertiary/aromatic N) is 3. The number of aryl methyl sites for hydroxylation is 1. The van der Waals surface area contributed by atoms with Crippen LogP contribution in [0.3, 0.4) is 0 Å². The van der Waals surface area contributed by atoms with Crippen molar-refractivity contribution in [1.29, 1.82) is 0 Å². The van der Waals surface area contributed by atoms with Crippen LogP contribution >= 0.6 is 23.2 Å². The number of halogens is 2. The van der Waals surface area contributed by atoms with E-state index in [1.165, 1.54) is 6.92 Å². The van der Waals surface area contributed by atoms with E-state index in [-0.39, 0.29) is 5.69 Å². The molecular formula is C17H15Cl2N5O4. The van der Waals surface area contributed by atoms with Crippen LogP contribution in [0.1, 0.15) is 41.8 Å². The Hall–Kier alpha value is -2.91. The highest BCUT2D eigenvalue weighted by molar-refractivity contribution is 6.37. The van der Waals surface area contributed by atoms with E-state index in [1.807, 2.05) is 10.1 Å². The number of nitrogens with one attached hydrogen (secondary N) is 2. The van der Waals surface area contributed by atoms with Crippen LogP contribution < -0.4 is 21.5 Å². The van der Waals surface area contributed by atoms with E-state index in [4.69, 9.17) is 38.9 Å². The highest BCUT2D eigenvalue weighted by Gasteiger charge is 2.16. The molecule has 146 valence electrons. The molecule has 3 rings (SSSR count). The van der Waals surface area contributed by atoms with Crippen molar-refractivity contribution in [3.8, 4) is 17.3 Å². The monoisotopic (exact) mass is 431 g/mol. The first-order chi connectivity index (χ1) is 16.4. The van der Waals surface area contributed by atoms with Crippen molar-refractivity contribution < 1.29 is 15.7 Å². The Morgan fingerprint density at radius 3 is 2.54 bits per heavy atom. The number of ether oxygens (including phenoxy) is 1. The first-order valence-electron chi connectivity index (χ1n) is 11.4. The van der Waals surface area contributed by atoms with Gasteiger partial charge >= 0.3 is 5.69 Å². The zero-order chi connectivity index (χ0) is 27.3. The third-order valence-corrected chi connectivity index (χ3v) is 3.92. The smallest absolute Gasteiger partial charge is 0.349 e. The largest absolute Gasteiger partial charge is 0.434 e. The fourth-order valence-corrected chi connectivity index (χ4v) is 2.54. The van der Waals surface area contributed by atoms with Crippen molar-refractivity contribution in [2.75, 3.05) is 0 Å². The highest BCUT2D eigenvalue weighted by Crippen LogP contribution is 2.37. The minimum Gasteiger partial charge on any atom is -0.434 e. The van der Waals surface area contributed by atoms with Crippen molar-refractivity contribution in [3.63, 3.8) is 0 Å². The molecule has 0 radical (unpaired) electrons. The van der Waals surface area contributed by atoms with Crippen molar-refractivity contribution in [2.24, 2.45) is 0 Å². The molecule has 2 aromatic heterocycles. The quantitative estimate of drug-likeness (QED) is 0.653. The molecule has 2 heterocycles. The Labute approximate surface area is 179 Å². The summed E-state index contributed by atoms with van der Waals surface area (Å²) in [5, 5.41) is 8.17. The molecule has 11 heteroatoms. The lowest BCUT2D eigenvalue weighted by molar-refractivity contribution is 0.452. The predicted octanol–water partition coefficient (Wildman–Crippen LogP) is 2.54. The maximum Gasteiger partial charge on any atom is 0.349 e. The number of aromatic nitrogens is 5. The summed E-state index contributed by atoms with van der Waals surface area (Å²) >= 11 is 12.4. The van der Waals surface area contributed by atoms with Crippen molar-refractivity contribution in [2.45, 2.75) is 26.5 Å². The lowest BCUT2D eigenvalue weighted by Crippen LogP contribution is -2.32. The van der Waals surface area contributed by atoms with Crippen LogP contribution in [0.4, 0.5) is 0 Å². The third kappa shape index (κ3) is 3.85. The maximum absolute atomic E-state index is 12.2. The molecule has 28 heavy (non-hydrogen) atoms. The second-order valence-corrected chi connectivity index (χ2v) is 6.09. The molecule has 9 nitrogen and oxygen atoms in total. The standard InChI is InChI=1S/C17H15Cl2N5O4/c1-7(2)10-6-13(21-22-16(10)26)28-14-11(18)4-9(5-12(14)19)24-17(27)20-15(25)8(3)23-24/h4-7H,1-3H3,(H,22,26)(H,20,25,27)/i1D3,2D3,4D,5D. The van der Waals surface area contributed by atoms with Crippen molar-refractivity contribution in [1.82, 2.24) is 25.0 Å². The van der Waals surface area contributed by atoms with E-state index >= 15 is 0 Å². The van der Waals surface area contributed by atoms with Gasteiger partial charge in [-0.2, -0.15) is 9.78 Å². The molecule has 0 spiro atoms. The predicted molar refractivity (Wildman–Crippen MR) is 104 cm³/mol. The molecule has 0 aliphatic heterocycles. The van der Waals surface area contributed by atoms with Gasteiger partial charge in [0, 0.05) is 19.9 Å². The Bertz CT molecular complexity index is 1490. The summed E-state index contributed by atoms with van der Waals surface area (Å²) in [7, 11) is 0. The molecule has 0 aliphatic carbocycles. The van der Waals surface area contributed by atoms with Gasteiger partial charge in [0.15, 0.2) is 5.75 Å². The summed E-state index contributed by atoms with van der Waals surface area (Å²) in [4.78, 5) is 38.0. The molecular weight excluding hydrogens is 409 g/mol. The number of rotatable bonds is 4. The molecule has 3 aromatic rings. The highest BCUT2D eigenvalue weighted by atomic mass is 35.5. The molecule has 0 atom stereocenters. The van der Waals surface area contributed by atoms with Gasteiger partial charge in [0.05, 0.1) is 18.5 Å². The zero-order valence-electron chi connectivity index (χ0n) is 21.9. The fourth-order valence-electron chi connectivity index (χ4n) is 2.05. The van der Waals surface area contributed by atoms with Gasteiger partial charge in [0.25, 0.3) is 11.1 Å². The van der Waals surface area contributed by atoms with E-state index in [0.29, 0.717) is 4.68 Å². The van der Waals surface area contributed by atoms with E-state index in [0.717, 1.165) is 6.07 Å². The first-order valence-corrected chi connectivity index (χ1v) is 8.17. The lowest BCUT2D eigenvalue weighted by Gasteiger charge is -2.12. The van der Waals surface area contributed by atoms with Crippen LogP contribution in [0.15, 0.2) is 32.5 Å². The molecule has 1 aromatic carbocycles. The summed E-state index contributed by atoms with van der Waals surface area (Å²) in [6, 6.07) is -0.544. The average Bonchev–Trinajstić information content (AvgIpc) is 2.73. The topological polar surface area (TPSA) is 123 Å². The second kappa shape index (κ2) is 7.61. The normalized spacial score (nSPS) is 16.1. The van der Waals surface area contributed by atoms with E-state index in [1.54, 1.807) is 0 Å². The summed E-state index contributed by atoms with van der Waals surface area (Å²) in [6.45, 7) is -4.90. The van der Waals surface area contributed by atoms with Gasteiger partial charge in [0.2, 0.25) is 5.88 Å². The fraction of sp³-hybridized carbons (Fsp3) is 0.235. The summed E-state index contributed by atoms with van der Waals surface area (Å²) in [6.07, 6.45) is 0. The number of H-pyrrole nitrogens is 2. The van der Waals surface area contributed by atoms with Gasteiger partial charge in [0.1, 0.15) is 5.69 Å². The SMILES string of the molecule is [2H]c1c(Cl)c(Oc2cc(C(C([2H])([2H])[2H])C([2H])([2H])[2H])c(=O)[nH]n2)c(Cl)c([2H])c1-n1nc(C)c(=O)[nH]c1=O. The molecule has 0 saturated heterocycles. The van der Waals surface area contributed by atoms with Crippen LogP contribution in [-0.2, 0) is 0 Å². The van der Waals surface area contributed by atoms with E-state index in [2.05, 4.69) is 10.2 Å². The van der Waals surface area contributed by atoms with E-state index < -0.39 is 81.4 Å². The zero-order valence-corrected chi connectivity index (χ0v) is 15.4. The Morgan fingerprint density at radius 2 is 1.89 bits per heavy atom. The Morgan fingerprint density at radius 1 is 1.21 bits per heavy atom. The number of hydrogen-bond donors (Lipinski definition) is 2. The maximum atomic E-state index is 12.2. The molecule has 0 amide bonds. The molecule has 0 bridgehead atoms. The number of benzene rings is 1. The number of hydrogen-bond acceptors (Lipinski definition) is 6. The van der Waals surface area contributed by atoms with Crippen LogP contribution in [0, 0.1) is 6.92 Å². The summed E-state index contributed by atoms with van der Waals surface area (Å²) < 4.78 is 67.9. The van der Waals surface area contributed by atoms with Gasteiger partial charge in [-0.3, -0.25) is 14.6 Å². The minimum absolute atomic E-state index is 0.149. The first kappa shape index (κ1) is 11.8. The van der Waals surface area contributed by atoms with Crippen LogP contribution in [-0.4, -0.2) is 25.0 Å². The Kier molecular flexibility index (Phi) is 3.21. The molecule has 0 aliphatic rings. The van der Waals surface area contributed by atoms with Crippen molar-refractivity contribution >= 4 is 23.2 Å². The van der Waals surface area contributed by atoms with Gasteiger partial charge < -0.3 is 4.74 Å². The van der Waals surface area contributed by atoms with Gasteiger partial charge in [-0.25, -0.2) is 9.89 Å². The molecule has 0 unspecified atom stereocenters. The van der Waals surface area contributed by atoms with Crippen LogP contribution in [0.2, 0.25) is 10.0 Å². The van der Waals surface area contributed by atoms with Crippen LogP contribution in [0.5, 0.6) is 11.6 Å². The van der Waals surface area contributed by atoms with E-state index in [9.17, 15) is 14.4 Å². The summed E-state index contributed by atoms with van der Waals surface area (Å²) in [5.41, 5.74) is -4.25. The molecule has 0 saturated carbocycles. The average molecular weight is 432 g/mol. The number of aromatic amines is 2. The molecule has 2 N–H and O–H groups in total. The summed E-state index contributed by atoms with van der Waals surface area (Å²) in [5.74, 6) is -3.27. The van der Waals surface area contributed by atoms with Crippen molar-refractivity contribution in [3.05, 3.63) is 70.6 Å². The van der Waals surface area contributed by atoms with Crippen LogP contribution in [0.25, 0.3) is 5.69 Å². The van der Waals surface area contributed by atoms with Gasteiger partial charge in [-0.15, -0.1) is 5.10 Å². The molecule has 0 fully saturated rings. The second-order valence-electron chi connectivity index (χ2n) is 5.34.